The quantitative estimate of drug-likeness (QED) is 0.695. The highest BCUT2D eigenvalue weighted by Crippen LogP contribution is 2.04. The predicted octanol–water partition coefficient (Wildman–Crippen LogP) is -0.652. The minimum atomic E-state index is -0.994. The van der Waals surface area contributed by atoms with E-state index in [4.69, 9.17) is 5.11 Å². The lowest BCUT2D eigenvalue weighted by Gasteiger charge is -2.38. The summed E-state index contributed by atoms with van der Waals surface area (Å²) in [6, 6.07) is -0.0437. The fraction of sp³-hybridized carbons (Fsp3) is 0.833. The number of carbonyl (C=O) groups is 2. The first-order chi connectivity index (χ1) is 8.93. The van der Waals surface area contributed by atoms with Crippen LogP contribution in [-0.2, 0) is 4.79 Å². The van der Waals surface area contributed by atoms with E-state index in [2.05, 4.69) is 22.2 Å². The summed E-state index contributed by atoms with van der Waals surface area (Å²) in [4.78, 5) is 28.2. The van der Waals surface area contributed by atoms with E-state index in [0.717, 1.165) is 19.6 Å². The topological polar surface area (TPSA) is 76.1 Å². The second-order valence-electron chi connectivity index (χ2n) is 4.99. The number of carbonyl (C=O) groups excluding carboxylic acids is 1. The second-order valence-corrected chi connectivity index (χ2v) is 4.99. The van der Waals surface area contributed by atoms with Crippen LogP contribution >= 0.6 is 0 Å². The van der Waals surface area contributed by atoms with Crippen molar-refractivity contribution in [3.05, 3.63) is 0 Å². The van der Waals surface area contributed by atoms with E-state index in [-0.39, 0.29) is 18.6 Å². The van der Waals surface area contributed by atoms with Gasteiger partial charge in [0.05, 0.1) is 0 Å². The molecule has 7 heteroatoms. The minimum Gasteiger partial charge on any atom is -0.480 e. The molecule has 7 nitrogen and oxygen atoms in total. The molecular formula is C12H24N4O3. The van der Waals surface area contributed by atoms with Gasteiger partial charge < -0.3 is 20.2 Å². The number of rotatable bonds is 5. The van der Waals surface area contributed by atoms with Gasteiger partial charge >= 0.3 is 12.0 Å². The Morgan fingerprint density at radius 2 is 2.05 bits per heavy atom. The van der Waals surface area contributed by atoms with Gasteiger partial charge in [-0.15, -0.1) is 0 Å². The van der Waals surface area contributed by atoms with Gasteiger partial charge in [-0.2, -0.15) is 0 Å². The zero-order valence-electron chi connectivity index (χ0n) is 11.9. The number of hydrogen-bond donors (Lipinski definition) is 2. The number of hydrogen-bond acceptors (Lipinski definition) is 4. The molecule has 0 aromatic rings. The highest BCUT2D eigenvalue weighted by Gasteiger charge is 2.23. The Morgan fingerprint density at radius 3 is 2.63 bits per heavy atom. The standard InChI is InChI=1S/C12H24N4O3/c1-4-16(9-11(17)18)12(19)13-7-10-8-14(2)5-6-15(10)3/h10H,4-9H2,1-3H3,(H,13,19)(H,17,18). The average molecular weight is 272 g/mol. The number of piperazine rings is 1. The van der Waals surface area contributed by atoms with Gasteiger partial charge in [0.15, 0.2) is 0 Å². The average Bonchev–Trinajstić information content (AvgIpc) is 2.36. The minimum absolute atomic E-state index is 0.261. The van der Waals surface area contributed by atoms with Gasteiger partial charge in [0.1, 0.15) is 6.54 Å². The number of amides is 2. The molecule has 1 atom stereocenters. The van der Waals surface area contributed by atoms with Gasteiger partial charge in [-0.25, -0.2) is 4.79 Å². The third-order valence-corrected chi connectivity index (χ3v) is 3.46. The smallest absolute Gasteiger partial charge is 0.323 e. The number of urea groups is 1. The van der Waals surface area contributed by atoms with Crippen molar-refractivity contribution in [2.24, 2.45) is 0 Å². The van der Waals surface area contributed by atoms with E-state index in [0.29, 0.717) is 13.1 Å². The zero-order chi connectivity index (χ0) is 14.4. The molecule has 0 spiro atoms. The number of carboxylic acids is 1. The van der Waals surface area contributed by atoms with Crippen molar-refractivity contribution in [2.45, 2.75) is 13.0 Å². The van der Waals surface area contributed by atoms with Crippen LogP contribution in [0.1, 0.15) is 6.92 Å². The van der Waals surface area contributed by atoms with Gasteiger partial charge in [0, 0.05) is 38.8 Å². The van der Waals surface area contributed by atoms with Crippen LogP contribution in [0.4, 0.5) is 4.79 Å². The number of likely N-dealkylation sites (N-methyl/N-ethyl adjacent to an activating group) is 3. The largest absolute Gasteiger partial charge is 0.480 e. The summed E-state index contributed by atoms with van der Waals surface area (Å²) in [6.07, 6.45) is 0. The Morgan fingerprint density at radius 1 is 1.37 bits per heavy atom. The third-order valence-electron chi connectivity index (χ3n) is 3.46. The van der Waals surface area contributed by atoms with Crippen LogP contribution in [-0.4, -0.2) is 91.2 Å². The molecule has 2 N–H and O–H groups in total. The monoisotopic (exact) mass is 272 g/mol. The first-order valence-electron chi connectivity index (χ1n) is 6.57. The van der Waals surface area contributed by atoms with Crippen LogP contribution in [0.3, 0.4) is 0 Å². The summed E-state index contributed by atoms with van der Waals surface area (Å²) in [5.74, 6) is -0.994. The van der Waals surface area contributed by atoms with Crippen LogP contribution in [0.2, 0.25) is 0 Å². The Labute approximate surface area is 114 Å². The molecule has 1 heterocycles. The summed E-state index contributed by atoms with van der Waals surface area (Å²) in [7, 11) is 4.10. The van der Waals surface area contributed by atoms with E-state index in [1.165, 1.54) is 4.90 Å². The predicted molar refractivity (Wildman–Crippen MR) is 72.2 cm³/mol. The fourth-order valence-corrected chi connectivity index (χ4v) is 2.13. The number of carboxylic acid groups (broad SMARTS) is 1. The summed E-state index contributed by atoms with van der Waals surface area (Å²) >= 11 is 0. The van der Waals surface area contributed by atoms with Crippen molar-refractivity contribution in [2.75, 3.05) is 53.4 Å². The lowest BCUT2D eigenvalue weighted by molar-refractivity contribution is -0.137. The fourth-order valence-electron chi connectivity index (χ4n) is 2.13. The molecule has 0 saturated carbocycles. The van der Waals surface area contributed by atoms with Crippen molar-refractivity contribution in [3.63, 3.8) is 0 Å². The summed E-state index contributed by atoms with van der Waals surface area (Å²) in [5, 5.41) is 11.5. The molecule has 110 valence electrons. The summed E-state index contributed by atoms with van der Waals surface area (Å²) in [5.41, 5.74) is 0. The van der Waals surface area contributed by atoms with Crippen LogP contribution in [0.5, 0.6) is 0 Å². The van der Waals surface area contributed by atoms with E-state index in [9.17, 15) is 9.59 Å². The molecule has 1 rings (SSSR count). The van der Waals surface area contributed by atoms with Crippen LogP contribution in [0, 0.1) is 0 Å². The van der Waals surface area contributed by atoms with Gasteiger partial charge in [-0.3, -0.25) is 9.69 Å². The third kappa shape index (κ3) is 5.04. The Bertz CT molecular complexity index is 324. The number of aliphatic carboxylic acids is 1. The maximum absolute atomic E-state index is 11.9. The van der Waals surface area contributed by atoms with Crippen molar-refractivity contribution in [1.82, 2.24) is 20.0 Å². The van der Waals surface area contributed by atoms with Crippen molar-refractivity contribution in [1.29, 1.82) is 0 Å². The van der Waals surface area contributed by atoms with E-state index >= 15 is 0 Å². The van der Waals surface area contributed by atoms with Crippen LogP contribution < -0.4 is 5.32 Å². The highest BCUT2D eigenvalue weighted by atomic mass is 16.4. The molecule has 2 amide bonds. The molecule has 0 aromatic carbocycles. The van der Waals surface area contributed by atoms with Crippen molar-refractivity contribution in [3.8, 4) is 0 Å². The first-order valence-corrected chi connectivity index (χ1v) is 6.57. The van der Waals surface area contributed by atoms with Crippen molar-refractivity contribution >= 4 is 12.0 Å². The zero-order valence-corrected chi connectivity index (χ0v) is 11.9. The first kappa shape index (κ1) is 15.7. The van der Waals surface area contributed by atoms with Crippen LogP contribution in [0.15, 0.2) is 0 Å². The van der Waals surface area contributed by atoms with Gasteiger partial charge in [0.2, 0.25) is 0 Å². The van der Waals surface area contributed by atoms with E-state index in [1.54, 1.807) is 6.92 Å². The molecule has 1 fully saturated rings. The van der Waals surface area contributed by atoms with E-state index < -0.39 is 5.97 Å². The molecule has 0 bridgehead atoms. The van der Waals surface area contributed by atoms with Gasteiger partial charge in [-0.05, 0) is 21.0 Å². The Balaban J connectivity index is 2.41. The molecule has 1 aliphatic heterocycles. The number of nitrogens with one attached hydrogen (secondary N) is 1. The molecule has 1 saturated heterocycles. The Hall–Kier alpha value is -1.34. The normalized spacial score (nSPS) is 21.1. The maximum atomic E-state index is 11.9. The van der Waals surface area contributed by atoms with E-state index in [1.807, 2.05) is 7.05 Å². The molecular weight excluding hydrogens is 248 g/mol. The van der Waals surface area contributed by atoms with Gasteiger partial charge in [0.25, 0.3) is 0 Å². The lowest BCUT2D eigenvalue weighted by atomic mass is 10.2. The number of nitrogens with zero attached hydrogens (tertiary/aromatic N) is 3. The molecule has 0 radical (unpaired) electrons. The Kier molecular flexibility index (Phi) is 6.04. The van der Waals surface area contributed by atoms with Crippen LogP contribution in [0.25, 0.3) is 0 Å². The molecule has 0 aromatic heterocycles. The summed E-state index contributed by atoms with van der Waals surface area (Å²) in [6.45, 7) is 5.34. The molecule has 0 aliphatic carbocycles. The lowest BCUT2D eigenvalue weighted by Crippen LogP contribution is -2.55. The molecule has 1 unspecified atom stereocenters. The molecule has 1 aliphatic rings. The second kappa shape index (κ2) is 7.30. The SMILES string of the molecule is CCN(CC(=O)O)C(=O)NCC1CN(C)CCN1C. The molecule has 19 heavy (non-hydrogen) atoms. The highest BCUT2D eigenvalue weighted by molar-refractivity contribution is 5.80. The van der Waals surface area contributed by atoms with Crippen molar-refractivity contribution < 1.29 is 14.7 Å². The van der Waals surface area contributed by atoms with Gasteiger partial charge in [-0.1, -0.05) is 0 Å². The summed E-state index contributed by atoms with van der Waals surface area (Å²) < 4.78 is 0. The maximum Gasteiger partial charge on any atom is 0.323 e.